The van der Waals surface area contributed by atoms with Crippen LogP contribution in [0.1, 0.15) is 17.3 Å². The van der Waals surface area contributed by atoms with Crippen molar-refractivity contribution in [3.8, 4) is 0 Å². The molecule has 0 aliphatic rings. The van der Waals surface area contributed by atoms with Gasteiger partial charge in [-0.15, -0.1) is 0 Å². The summed E-state index contributed by atoms with van der Waals surface area (Å²) in [6, 6.07) is 6.63. The van der Waals surface area contributed by atoms with Gasteiger partial charge in [0.2, 0.25) is 0 Å². The van der Waals surface area contributed by atoms with Crippen LogP contribution < -0.4 is 11.0 Å². The molecule has 1 aromatic carbocycles. The van der Waals surface area contributed by atoms with E-state index in [9.17, 15) is 9.59 Å². The number of nitrogens with one attached hydrogen (secondary N) is 2. The predicted molar refractivity (Wildman–Crippen MR) is 68.3 cm³/mol. The van der Waals surface area contributed by atoms with Crippen LogP contribution in [0.2, 0.25) is 0 Å². The molecule has 0 bridgehead atoms. The van der Waals surface area contributed by atoms with Crippen molar-refractivity contribution in [3.05, 3.63) is 46.5 Å². The number of aromatic amines is 1. The Labute approximate surface area is 108 Å². The first-order valence-corrected chi connectivity index (χ1v) is 5.65. The van der Waals surface area contributed by atoms with Gasteiger partial charge in [0, 0.05) is 5.69 Å². The van der Waals surface area contributed by atoms with Crippen molar-refractivity contribution in [2.75, 3.05) is 11.9 Å². The molecule has 0 saturated carbocycles. The van der Waals surface area contributed by atoms with Gasteiger partial charge in [0.15, 0.2) is 5.82 Å². The Bertz CT molecular complexity index is 621. The van der Waals surface area contributed by atoms with Crippen LogP contribution in [0.4, 0.5) is 11.5 Å². The van der Waals surface area contributed by atoms with E-state index in [1.54, 1.807) is 31.2 Å². The van der Waals surface area contributed by atoms with E-state index in [2.05, 4.69) is 20.5 Å². The van der Waals surface area contributed by atoms with Gasteiger partial charge in [0.1, 0.15) is 0 Å². The quantitative estimate of drug-likeness (QED) is 0.798. The summed E-state index contributed by atoms with van der Waals surface area (Å²) in [4.78, 5) is 26.1. The molecule has 0 amide bonds. The van der Waals surface area contributed by atoms with E-state index in [-0.39, 0.29) is 5.97 Å². The Balaban J connectivity index is 2.11. The van der Waals surface area contributed by atoms with Crippen LogP contribution in [0.15, 0.2) is 35.3 Å². The Morgan fingerprint density at radius 3 is 2.74 bits per heavy atom. The first kappa shape index (κ1) is 12.7. The van der Waals surface area contributed by atoms with E-state index >= 15 is 0 Å². The normalized spacial score (nSPS) is 9.95. The van der Waals surface area contributed by atoms with Gasteiger partial charge in [0.25, 0.3) is 0 Å². The number of hydrogen-bond acceptors (Lipinski definition) is 6. The van der Waals surface area contributed by atoms with Crippen LogP contribution in [0, 0.1) is 0 Å². The predicted octanol–water partition coefficient (Wildman–Crippen LogP) is 1.09. The fraction of sp³-hybridized carbons (Fsp3) is 0.167. The highest BCUT2D eigenvalue weighted by Gasteiger charge is 2.05. The molecule has 0 spiro atoms. The van der Waals surface area contributed by atoms with Gasteiger partial charge in [-0.25, -0.2) is 14.7 Å². The molecular formula is C12H12N4O3. The molecule has 0 unspecified atom stereocenters. The first-order valence-electron chi connectivity index (χ1n) is 5.65. The summed E-state index contributed by atoms with van der Waals surface area (Å²) in [5, 5.41) is 8.69. The number of hydrogen-bond donors (Lipinski definition) is 2. The molecule has 2 aromatic rings. The minimum absolute atomic E-state index is 0.327. The molecule has 1 heterocycles. The summed E-state index contributed by atoms with van der Waals surface area (Å²) in [5.41, 5.74) is 0.616. The van der Waals surface area contributed by atoms with Gasteiger partial charge in [0.05, 0.1) is 18.4 Å². The van der Waals surface area contributed by atoms with Crippen molar-refractivity contribution in [2.24, 2.45) is 0 Å². The van der Waals surface area contributed by atoms with E-state index in [1.165, 1.54) is 6.20 Å². The Morgan fingerprint density at radius 2 is 2.11 bits per heavy atom. The molecule has 0 radical (unpaired) electrons. The summed E-state index contributed by atoms with van der Waals surface area (Å²) in [6.45, 7) is 2.08. The first-order chi connectivity index (χ1) is 9.19. The zero-order valence-electron chi connectivity index (χ0n) is 10.2. The summed E-state index contributed by atoms with van der Waals surface area (Å²) < 4.78 is 4.87. The van der Waals surface area contributed by atoms with E-state index in [4.69, 9.17) is 4.74 Å². The third kappa shape index (κ3) is 3.38. The highest BCUT2D eigenvalue weighted by Crippen LogP contribution is 2.14. The van der Waals surface area contributed by atoms with E-state index in [0.717, 1.165) is 0 Å². The van der Waals surface area contributed by atoms with Crippen molar-refractivity contribution < 1.29 is 9.53 Å². The van der Waals surface area contributed by atoms with Crippen LogP contribution in [0.5, 0.6) is 0 Å². The molecule has 7 heteroatoms. The average Bonchev–Trinajstić information content (AvgIpc) is 2.40. The number of esters is 1. The van der Waals surface area contributed by atoms with Crippen LogP contribution in [0.3, 0.4) is 0 Å². The van der Waals surface area contributed by atoms with E-state index in [1.807, 2.05) is 0 Å². The van der Waals surface area contributed by atoms with Gasteiger partial charge >= 0.3 is 11.7 Å². The minimum Gasteiger partial charge on any atom is -0.462 e. The number of benzene rings is 1. The maximum Gasteiger partial charge on any atom is 0.363 e. The third-order valence-corrected chi connectivity index (χ3v) is 2.24. The largest absolute Gasteiger partial charge is 0.462 e. The maximum absolute atomic E-state index is 11.4. The Morgan fingerprint density at radius 1 is 1.37 bits per heavy atom. The number of carbonyl (C=O) groups excluding carboxylic acids is 1. The van der Waals surface area contributed by atoms with Crippen LogP contribution in [-0.2, 0) is 4.74 Å². The van der Waals surface area contributed by atoms with Crippen molar-refractivity contribution in [3.63, 3.8) is 0 Å². The molecule has 1 aromatic heterocycles. The summed E-state index contributed by atoms with van der Waals surface area (Å²) in [6.07, 6.45) is 1.39. The highest BCUT2D eigenvalue weighted by molar-refractivity contribution is 5.89. The number of rotatable bonds is 4. The second-order valence-electron chi connectivity index (χ2n) is 3.60. The minimum atomic E-state index is -0.534. The Kier molecular flexibility index (Phi) is 3.87. The molecule has 0 aliphatic heterocycles. The smallest absolute Gasteiger partial charge is 0.363 e. The molecule has 0 aliphatic carbocycles. The molecule has 19 heavy (non-hydrogen) atoms. The van der Waals surface area contributed by atoms with Gasteiger partial charge in [-0.1, -0.05) is 0 Å². The van der Waals surface area contributed by atoms with Gasteiger partial charge in [-0.2, -0.15) is 10.1 Å². The van der Waals surface area contributed by atoms with E-state index in [0.29, 0.717) is 23.7 Å². The summed E-state index contributed by atoms with van der Waals surface area (Å²) in [7, 11) is 0. The Hall–Kier alpha value is -2.70. The SMILES string of the molecule is CCOC(=O)c1ccc(Nc2cn[nH]c(=O)n2)cc1. The molecule has 0 atom stereocenters. The topological polar surface area (TPSA) is 97.0 Å². The van der Waals surface area contributed by atoms with Crippen LogP contribution in [-0.4, -0.2) is 27.8 Å². The fourth-order valence-electron chi connectivity index (χ4n) is 1.42. The van der Waals surface area contributed by atoms with E-state index < -0.39 is 5.69 Å². The molecular weight excluding hydrogens is 248 g/mol. The number of aromatic nitrogens is 3. The summed E-state index contributed by atoms with van der Waals surface area (Å²) >= 11 is 0. The lowest BCUT2D eigenvalue weighted by atomic mass is 10.2. The number of carbonyl (C=O) groups is 1. The fourth-order valence-corrected chi connectivity index (χ4v) is 1.42. The maximum atomic E-state index is 11.4. The van der Waals surface area contributed by atoms with Crippen molar-refractivity contribution in [2.45, 2.75) is 6.92 Å². The molecule has 2 rings (SSSR count). The second kappa shape index (κ2) is 5.76. The lowest BCUT2D eigenvalue weighted by Gasteiger charge is -2.05. The molecule has 0 saturated heterocycles. The summed E-state index contributed by atoms with van der Waals surface area (Å²) in [5.74, 6) is -0.0439. The van der Waals surface area contributed by atoms with Crippen molar-refractivity contribution in [1.82, 2.24) is 15.2 Å². The third-order valence-electron chi connectivity index (χ3n) is 2.24. The van der Waals surface area contributed by atoms with Gasteiger partial charge < -0.3 is 10.1 Å². The van der Waals surface area contributed by atoms with Crippen molar-refractivity contribution >= 4 is 17.5 Å². The highest BCUT2D eigenvalue weighted by atomic mass is 16.5. The zero-order valence-corrected chi connectivity index (χ0v) is 10.2. The second-order valence-corrected chi connectivity index (χ2v) is 3.60. The lowest BCUT2D eigenvalue weighted by Crippen LogP contribution is -2.13. The number of anilines is 2. The molecule has 98 valence electrons. The van der Waals surface area contributed by atoms with Crippen LogP contribution in [0.25, 0.3) is 0 Å². The van der Waals surface area contributed by atoms with Crippen molar-refractivity contribution in [1.29, 1.82) is 0 Å². The molecule has 2 N–H and O–H groups in total. The molecule has 0 fully saturated rings. The molecule has 7 nitrogen and oxygen atoms in total. The van der Waals surface area contributed by atoms with Gasteiger partial charge in [-0.05, 0) is 31.2 Å². The van der Waals surface area contributed by atoms with Gasteiger partial charge in [-0.3, -0.25) is 0 Å². The van der Waals surface area contributed by atoms with Crippen LogP contribution >= 0.6 is 0 Å². The number of nitrogens with zero attached hydrogens (tertiary/aromatic N) is 2. The average molecular weight is 260 g/mol. The monoisotopic (exact) mass is 260 g/mol. The number of H-pyrrole nitrogens is 1. The standard InChI is InChI=1S/C12H12N4O3/c1-2-19-11(17)8-3-5-9(6-4-8)14-10-7-13-16-12(18)15-10/h3-7H,2H2,1H3,(H2,14,15,16,18). The lowest BCUT2D eigenvalue weighted by molar-refractivity contribution is 0.0526. The number of ether oxygens (including phenoxy) is 1. The zero-order chi connectivity index (χ0) is 13.7.